The summed E-state index contributed by atoms with van der Waals surface area (Å²) < 4.78 is 5.76. The number of ether oxygens (including phenoxy) is 1. The molecule has 1 fully saturated rings. The normalized spacial score (nSPS) is 15.7. The van der Waals surface area contributed by atoms with E-state index in [9.17, 15) is 14.4 Å². The molecule has 0 aromatic heterocycles. The number of amides is 4. The maximum Gasteiger partial charge on any atom is 0.323 e. The SMILES string of the molecule is O=C(Nc1ccc(Oc2ccccc2)cc1)Nc1ccc2c(c1)C(=O)N(C1CCCCC1)C2=O. The van der Waals surface area contributed by atoms with Gasteiger partial charge in [-0.05, 0) is 67.4 Å². The fourth-order valence-electron chi connectivity index (χ4n) is 4.53. The molecule has 0 radical (unpaired) electrons. The summed E-state index contributed by atoms with van der Waals surface area (Å²) in [4.78, 5) is 39.7. The van der Waals surface area contributed by atoms with Crippen molar-refractivity contribution in [1.82, 2.24) is 4.90 Å². The Hall–Kier alpha value is -4.13. The van der Waals surface area contributed by atoms with Crippen molar-refractivity contribution in [2.45, 2.75) is 38.1 Å². The van der Waals surface area contributed by atoms with Crippen LogP contribution in [0.5, 0.6) is 11.5 Å². The van der Waals surface area contributed by atoms with E-state index < -0.39 is 6.03 Å². The van der Waals surface area contributed by atoms with Crippen molar-refractivity contribution in [3.8, 4) is 11.5 Å². The number of hydrogen-bond donors (Lipinski definition) is 2. The van der Waals surface area contributed by atoms with E-state index in [-0.39, 0.29) is 17.9 Å². The van der Waals surface area contributed by atoms with Crippen LogP contribution in [-0.2, 0) is 0 Å². The minimum atomic E-state index is -0.447. The quantitative estimate of drug-likeness (QED) is 0.458. The maximum atomic E-state index is 13.0. The second kappa shape index (κ2) is 9.39. The van der Waals surface area contributed by atoms with Crippen LogP contribution >= 0.6 is 0 Å². The highest BCUT2D eigenvalue weighted by Gasteiger charge is 2.40. The number of urea groups is 1. The predicted octanol–water partition coefficient (Wildman–Crippen LogP) is 6.05. The van der Waals surface area contributed by atoms with Crippen LogP contribution in [-0.4, -0.2) is 28.8 Å². The maximum absolute atomic E-state index is 13.0. The van der Waals surface area contributed by atoms with E-state index in [1.165, 1.54) is 4.90 Å². The monoisotopic (exact) mass is 455 g/mol. The molecule has 1 heterocycles. The molecule has 1 aliphatic heterocycles. The summed E-state index contributed by atoms with van der Waals surface area (Å²) in [7, 11) is 0. The fraction of sp³-hybridized carbons (Fsp3) is 0.222. The summed E-state index contributed by atoms with van der Waals surface area (Å²) in [5.74, 6) is 0.875. The van der Waals surface area contributed by atoms with Crippen LogP contribution in [0, 0.1) is 0 Å². The Labute approximate surface area is 197 Å². The number of hydrogen-bond acceptors (Lipinski definition) is 4. The molecule has 3 aromatic rings. The summed E-state index contributed by atoms with van der Waals surface area (Å²) in [6.45, 7) is 0. The smallest absolute Gasteiger partial charge is 0.323 e. The lowest BCUT2D eigenvalue weighted by Gasteiger charge is -2.29. The van der Waals surface area contributed by atoms with Gasteiger partial charge in [0.25, 0.3) is 11.8 Å². The van der Waals surface area contributed by atoms with Gasteiger partial charge in [-0.2, -0.15) is 0 Å². The number of rotatable bonds is 5. The Morgan fingerprint density at radius 1 is 0.735 bits per heavy atom. The van der Waals surface area contributed by atoms with Crippen molar-refractivity contribution in [1.29, 1.82) is 0 Å². The number of anilines is 2. The van der Waals surface area contributed by atoms with Crippen molar-refractivity contribution < 1.29 is 19.1 Å². The summed E-state index contributed by atoms with van der Waals surface area (Å²) in [5, 5.41) is 5.50. The Bertz CT molecular complexity index is 1220. The van der Waals surface area contributed by atoms with Gasteiger partial charge < -0.3 is 15.4 Å². The number of benzene rings is 3. The van der Waals surface area contributed by atoms with Crippen LogP contribution in [0.15, 0.2) is 72.8 Å². The van der Waals surface area contributed by atoms with E-state index in [2.05, 4.69) is 10.6 Å². The Kier molecular flexibility index (Phi) is 5.99. The van der Waals surface area contributed by atoms with Crippen LogP contribution in [0.4, 0.5) is 16.2 Å². The predicted molar refractivity (Wildman–Crippen MR) is 129 cm³/mol. The Morgan fingerprint density at radius 2 is 1.35 bits per heavy atom. The lowest BCUT2D eigenvalue weighted by atomic mass is 9.94. The lowest BCUT2D eigenvalue weighted by Crippen LogP contribution is -2.40. The third-order valence-corrected chi connectivity index (χ3v) is 6.21. The van der Waals surface area contributed by atoms with Gasteiger partial charge in [0, 0.05) is 17.4 Å². The molecule has 0 unspecified atom stereocenters. The summed E-state index contributed by atoms with van der Waals surface area (Å²) in [5.41, 5.74) is 1.78. The average molecular weight is 456 g/mol. The topological polar surface area (TPSA) is 87.7 Å². The van der Waals surface area contributed by atoms with Crippen LogP contribution in [0.3, 0.4) is 0 Å². The molecular weight excluding hydrogens is 430 g/mol. The van der Waals surface area contributed by atoms with E-state index in [0.717, 1.165) is 37.9 Å². The largest absolute Gasteiger partial charge is 0.457 e. The highest BCUT2D eigenvalue weighted by Crippen LogP contribution is 2.32. The second-order valence-electron chi connectivity index (χ2n) is 8.55. The third kappa shape index (κ3) is 4.50. The molecule has 1 aliphatic carbocycles. The molecule has 4 amide bonds. The van der Waals surface area contributed by atoms with Crippen molar-refractivity contribution in [3.05, 3.63) is 83.9 Å². The summed E-state index contributed by atoms with van der Waals surface area (Å²) >= 11 is 0. The molecule has 0 spiro atoms. The summed E-state index contributed by atoms with van der Waals surface area (Å²) in [6, 6.07) is 20.8. The first-order valence-electron chi connectivity index (χ1n) is 11.5. The van der Waals surface area contributed by atoms with Gasteiger partial charge in [0.05, 0.1) is 11.1 Å². The minimum Gasteiger partial charge on any atom is -0.457 e. The third-order valence-electron chi connectivity index (χ3n) is 6.21. The Morgan fingerprint density at radius 3 is 2.09 bits per heavy atom. The molecule has 0 atom stereocenters. The standard InChI is InChI=1S/C27H25N3O4/c31-25-23-16-13-19(17-24(23)26(32)30(25)20-7-3-1-4-8-20)29-27(33)28-18-11-14-22(15-12-18)34-21-9-5-2-6-10-21/h2,5-6,9-17,20H,1,3-4,7-8H2,(H2,28,29,33). The van der Waals surface area contributed by atoms with Crippen LogP contribution < -0.4 is 15.4 Å². The first kappa shape index (κ1) is 21.7. The van der Waals surface area contributed by atoms with E-state index in [4.69, 9.17) is 4.74 Å². The lowest BCUT2D eigenvalue weighted by molar-refractivity contribution is 0.0549. The molecule has 0 saturated heterocycles. The zero-order valence-corrected chi connectivity index (χ0v) is 18.6. The number of carbonyl (C=O) groups excluding carboxylic acids is 3. The van der Waals surface area contributed by atoms with Gasteiger partial charge in [0.15, 0.2) is 0 Å². The molecule has 1 saturated carbocycles. The fourth-order valence-corrected chi connectivity index (χ4v) is 4.53. The molecule has 5 rings (SSSR count). The van der Waals surface area contributed by atoms with Crippen molar-refractivity contribution in [2.75, 3.05) is 10.6 Å². The van der Waals surface area contributed by atoms with Crippen molar-refractivity contribution in [3.63, 3.8) is 0 Å². The van der Waals surface area contributed by atoms with Gasteiger partial charge in [-0.15, -0.1) is 0 Å². The van der Waals surface area contributed by atoms with Crippen LogP contribution in [0.1, 0.15) is 52.8 Å². The van der Waals surface area contributed by atoms with E-state index in [1.54, 1.807) is 42.5 Å². The van der Waals surface area contributed by atoms with Gasteiger partial charge in [0.1, 0.15) is 11.5 Å². The number of nitrogens with zero attached hydrogens (tertiary/aromatic N) is 1. The molecule has 2 N–H and O–H groups in total. The molecule has 34 heavy (non-hydrogen) atoms. The van der Waals surface area contributed by atoms with E-state index in [0.29, 0.717) is 28.3 Å². The highest BCUT2D eigenvalue weighted by atomic mass is 16.5. The highest BCUT2D eigenvalue weighted by molar-refractivity contribution is 6.22. The number of carbonyl (C=O) groups is 3. The minimum absolute atomic E-state index is 0.0327. The first-order valence-corrected chi connectivity index (χ1v) is 11.5. The average Bonchev–Trinajstić information content (AvgIpc) is 3.11. The molecule has 3 aromatic carbocycles. The van der Waals surface area contributed by atoms with Gasteiger partial charge in [-0.3, -0.25) is 14.5 Å². The van der Waals surface area contributed by atoms with Crippen molar-refractivity contribution in [2.24, 2.45) is 0 Å². The van der Waals surface area contributed by atoms with Gasteiger partial charge in [-0.25, -0.2) is 4.79 Å². The number of imide groups is 1. The first-order chi connectivity index (χ1) is 16.6. The zero-order chi connectivity index (χ0) is 23.5. The van der Waals surface area contributed by atoms with E-state index >= 15 is 0 Å². The summed E-state index contributed by atoms with van der Waals surface area (Å²) in [6.07, 6.45) is 4.92. The van der Waals surface area contributed by atoms with Crippen LogP contribution in [0.25, 0.3) is 0 Å². The van der Waals surface area contributed by atoms with Gasteiger partial charge in [0.2, 0.25) is 0 Å². The molecule has 172 valence electrons. The second-order valence-corrected chi connectivity index (χ2v) is 8.55. The zero-order valence-electron chi connectivity index (χ0n) is 18.6. The molecule has 7 nitrogen and oxygen atoms in total. The molecule has 2 aliphatic rings. The molecule has 7 heteroatoms. The molecule has 0 bridgehead atoms. The molecular formula is C27H25N3O4. The van der Waals surface area contributed by atoms with Gasteiger partial charge >= 0.3 is 6.03 Å². The van der Waals surface area contributed by atoms with Gasteiger partial charge in [-0.1, -0.05) is 37.5 Å². The number of nitrogens with one attached hydrogen (secondary N) is 2. The van der Waals surface area contributed by atoms with E-state index in [1.807, 2.05) is 30.3 Å². The number of para-hydroxylation sites is 1. The van der Waals surface area contributed by atoms with Crippen molar-refractivity contribution >= 4 is 29.2 Å². The number of fused-ring (bicyclic) bond motifs is 1. The Balaban J connectivity index is 1.22. The van der Waals surface area contributed by atoms with Crippen LogP contribution in [0.2, 0.25) is 0 Å².